The monoisotopic (exact) mass is 274 g/mol. The molecule has 19 heavy (non-hydrogen) atoms. The molecule has 0 aliphatic heterocycles. The first-order valence-electron chi connectivity index (χ1n) is 5.52. The van der Waals surface area contributed by atoms with E-state index in [9.17, 15) is 19.2 Å². The standard InChI is InChI=1S/C11H18N2O6/c1-7(14)13(8(2)15)19-9(16)6-12-10(17)18-11(3,4)5/h6H2,1-5H3,(H,12,17). The number of alkyl carbamates (subject to hydrolysis) is 1. The molecule has 0 aliphatic carbocycles. The van der Waals surface area contributed by atoms with Crippen LogP contribution in [0.2, 0.25) is 0 Å². The summed E-state index contributed by atoms with van der Waals surface area (Å²) in [4.78, 5) is 48.9. The van der Waals surface area contributed by atoms with E-state index >= 15 is 0 Å². The van der Waals surface area contributed by atoms with Crippen LogP contribution in [0.1, 0.15) is 34.6 Å². The van der Waals surface area contributed by atoms with E-state index in [1.54, 1.807) is 20.8 Å². The Morgan fingerprint density at radius 1 is 1.05 bits per heavy atom. The highest BCUT2D eigenvalue weighted by atomic mass is 16.7. The van der Waals surface area contributed by atoms with Crippen LogP contribution in [0.3, 0.4) is 0 Å². The number of hydrogen-bond acceptors (Lipinski definition) is 6. The summed E-state index contributed by atoms with van der Waals surface area (Å²) >= 11 is 0. The number of rotatable bonds is 2. The van der Waals surface area contributed by atoms with Gasteiger partial charge in [-0.25, -0.2) is 9.59 Å². The first kappa shape index (κ1) is 16.9. The van der Waals surface area contributed by atoms with Crippen molar-refractivity contribution in [1.82, 2.24) is 10.4 Å². The van der Waals surface area contributed by atoms with Crippen LogP contribution in [0.25, 0.3) is 0 Å². The Hall–Kier alpha value is -2.12. The van der Waals surface area contributed by atoms with E-state index in [0.717, 1.165) is 13.8 Å². The van der Waals surface area contributed by atoms with E-state index in [1.807, 2.05) is 0 Å². The predicted octanol–water partition coefficient (Wildman–Crippen LogP) is 0.364. The lowest BCUT2D eigenvalue weighted by Crippen LogP contribution is -2.41. The first-order chi connectivity index (χ1) is 8.53. The molecule has 8 heteroatoms. The number of carbonyl (C=O) groups excluding carboxylic acids is 4. The second-order valence-corrected chi connectivity index (χ2v) is 4.65. The maximum Gasteiger partial charge on any atom is 0.408 e. The number of hydroxylamine groups is 2. The number of nitrogens with one attached hydrogen (secondary N) is 1. The molecule has 0 aliphatic rings. The Balaban J connectivity index is 4.22. The molecule has 0 atom stereocenters. The molecule has 0 radical (unpaired) electrons. The summed E-state index contributed by atoms with van der Waals surface area (Å²) in [6, 6.07) is 0. The van der Waals surface area contributed by atoms with Crippen LogP contribution < -0.4 is 5.32 Å². The highest BCUT2D eigenvalue weighted by molar-refractivity contribution is 5.93. The number of hydrogen-bond donors (Lipinski definition) is 1. The molecule has 8 nitrogen and oxygen atoms in total. The summed E-state index contributed by atoms with van der Waals surface area (Å²) in [7, 11) is 0. The number of nitrogens with zero attached hydrogens (tertiary/aromatic N) is 1. The summed E-state index contributed by atoms with van der Waals surface area (Å²) < 4.78 is 4.88. The zero-order valence-corrected chi connectivity index (χ0v) is 11.6. The molecular formula is C11H18N2O6. The van der Waals surface area contributed by atoms with Gasteiger partial charge in [0.05, 0.1) is 0 Å². The minimum absolute atomic E-state index is 0.305. The van der Waals surface area contributed by atoms with Gasteiger partial charge in [0.2, 0.25) is 0 Å². The van der Waals surface area contributed by atoms with Crippen LogP contribution in [0.5, 0.6) is 0 Å². The zero-order valence-electron chi connectivity index (χ0n) is 11.6. The van der Waals surface area contributed by atoms with Crippen LogP contribution in [0.15, 0.2) is 0 Å². The van der Waals surface area contributed by atoms with Crippen LogP contribution in [-0.2, 0) is 24.0 Å². The van der Waals surface area contributed by atoms with Crippen molar-refractivity contribution in [3.8, 4) is 0 Å². The minimum Gasteiger partial charge on any atom is -0.444 e. The van der Waals surface area contributed by atoms with Crippen LogP contribution in [0.4, 0.5) is 4.79 Å². The van der Waals surface area contributed by atoms with Gasteiger partial charge in [-0.05, 0) is 20.8 Å². The molecule has 108 valence electrons. The minimum atomic E-state index is -0.962. The van der Waals surface area contributed by atoms with Crippen LogP contribution >= 0.6 is 0 Å². The van der Waals surface area contributed by atoms with Crippen molar-refractivity contribution in [1.29, 1.82) is 0 Å². The molecule has 0 aromatic carbocycles. The highest BCUT2D eigenvalue weighted by Gasteiger charge is 2.21. The number of imide groups is 1. The Bertz CT molecular complexity index is 371. The van der Waals surface area contributed by atoms with E-state index in [2.05, 4.69) is 10.2 Å². The molecule has 0 rings (SSSR count). The third-order valence-electron chi connectivity index (χ3n) is 1.54. The maximum absolute atomic E-state index is 11.3. The van der Waals surface area contributed by atoms with Crippen molar-refractivity contribution in [3.05, 3.63) is 0 Å². The SMILES string of the molecule is CC(=O)N(OC(=O)CNC(=O)OC(C)(C)C)C(C)=O. The fraction of sp³-hybridized carbons (Fsp3) is 0.636. The maximum atomic E-state index is 11.3. The molecule has 0 aromatic rings. The average Bonchev–Trinajstić information content (AvgIpc) is 2.19. The molecule has 0 unspecified atom stereocenters. The summed E-state index contributed by atoms with van der Waals surface area (Å²) in [5, 5.41) is 2.44. The lowest BCUT2D eigenvalue weighted by atomic mass is 10.2. The Morgan fingerprint density at radius 2 is 1.53 bits per heavy atom. The third kappa shape index (κ3) is 7.74. The Labute approximate surface area is 111 Å². The van der Waals surface area contributed by atoms with Gasteiger partial charge in [-0.2, -0.15) is 0 Å². The van der Waals surface area contributed by atoms with Crippen molar-refractivity contribution >= 4 is 23.9 Å². The summed E-state index contributed by atoms with van der Waals surface area (Å²) in [6.07, 6.45) is -0.804. The average molecular weight is 274 g/mol. The molecular weight excluding hydrogens is 256 g/mol. The second kappa shape index (κ2) is 6.72. The fourth-order valence-electron chi connectivity index (χ4n) is 0.943. The Morgan fingerprint density at radius 3 is 1.89 bits per heavy atom. The first-order valence-corrected chi connectivity index (χ1v) is 5.52. The quantitative estimate of drug-likeness (QED) is 0.730. The zero-order chi connectivity index (χ0) is 15.2. The van der Waals surface area contributed by atoms with Gasteiger partial charge in [0.1, 0.15) is 12.1 Å². The second-order valence-electron chi connectivity index (χ2n) is 4.65. The van der Waals surface area contributed by atoms with Gasteiger partial charge < -0.3 is 14.9 Å². The van der Waals surface area contributed by atoms with Gasteiger partial charge in [0.25, 0.3) is 11.8 Å². The number of carbonyl (C=O) groups is 4. The van der Waals surface area contributed by atoms with Crippen molar-refractivity contribution < 1.29 is 28.8 Å². The van der Waals surface area contributed by atoms with Gasteiger partial charge in [-0.1, -0.05) is 0 Å². The molecule has 3 amide bonds. The van der Waals surface area contributed by atoms with E-state index in [0.29, 0.717) is 5.06 Å². The topological polar surface area (TPSA) is 102 Å². The summed E-state index contributed by atoms with van der Waals surface area (Å²) in [6.45, 7) is 6.60. The van der Waals surface area contributed by atoms with Crippen molar-refractivity contribution in [2.75, 3.05) is 6.54 Å². The number of ether oxygens (including phenoxy) is 1. The van der Waals surface area contributed by atoms with Gasteiger partial charge in [0.15, 0.2) is 0 Å². The van der Waals surface area contributed by atoms with Gasteiger partial charge >= 0.3 is 12.1 Å². The molecule has 0 saturated heterocycles. The molecule has 0 spiro atoms. The fourth-order valence-corrected chi connectivity index (χ4v) is 0.943. The largest absolute Gasteiger partial charge is 0.444 e. The van der Waals surface area contributed by atoms with E-state index < -0.39 is 36.0 Å². The summed E-state index contributed by atoms with van der Waals surface area (Å²) in [5.41, 5.74) is -0.696. The van der Waals surface area contributed by atoms with Crippen LogP contribution in [-0.4, -0.2) is 41.1 Å². The lowest BCUT2D eigenvalue weighted by Gasteiger charge is -2.20. The van der Waals surface area contributed by atoms with Crippen LogP contribution in [0, 0.1) is 0 Å². The normalized spacial score (nSPS) is 10.4. The highest BCUT2D eigenvalue weighted by Crippen LogP contribution is 2.06. The van der Waals surface area contributed by atoms with Gasteiger partial charge in [-0.15, -0.1) is 5.06 Å². The lowest BCUT2D eigenvalue weighted by molar-refractivity contribution is -0.199. The molecule has 0 heterocycles. The molecule has 0 bridgehead atoms. The smallest absolute Gasteiger partial charge is 0.408 e. The van der Waals surface area contributed by atoms with E-state index in [1.165, 1.54) is 0 Å². The Kier molecular flexibility index (Phi) is 5.97. The van der Waals surface area contributed by atoms with E-state index in [-0.39, 0.29) is 0 Å². The molecule has 1 N–H and O–H groups in total. The van der Waals surface area contributed by atoms with E-state index in [4.69, 9.17) is 4.74 Å². The van der Waals surface area contributed by atoms with Crippen molar-refractivity contribution in [3.63, 3.8) is 0 Å². The number of amides is 3. The molecule has 0 saturated carbocycles. The third-order valence-corrected chi connectivity index (χ3v) is 1.54. The predicted molar refractivity (Wildman–Crippen MR) is 63.5 cm³/mol. The van der Waals surface area contributed by atoms with Crippen molar-refractivity contribution in [2.24, 2.45) is 0 Å². The molecule has 0 aromatic heterocycles. The van der Waals surface area contributed by atoms with Crippen molar-refractivity contribution in [2.45, 2.75) is 40.2 Å². The van der Waals surface area contributed by atoms with Gasteiger partial charge in [0, 0.05) is 13.8 Å². The summed E-state index contributed by atoms with van der Waals surface area (Å²) in [5.74, 6) is -2.44. The van der Waals surface area contributed by atoms with Gasteiger partial charge in [-0.3, -0.25) is 9.59 Å². The molecule has 0 fully saturated rings.